The number of nitrogens with zero attached hydrogens (tertiary/aromatic N) is 4. The first-order valence-electron chi connectivity index (χ1n) is 4.34. The third-order valence-corrected chi connectivity index (χ3v) is 1.62. The Morgan fingerprint density at radius 2 is 2.25 bits per heavy atom. The van der Waals surface area contributed by atoms with Crippen molar-refractivity contribution in [1.82, 2.24) is 25.5 Å². The van der Waals surface area contributed by atoms with Crippen LogP contribution < -0.4 is 5.32 Å². The van der Waals surface area contributed by atoms with Crippen molar-refractivity contribution in [3.63, 3.8) is 0 Å². The van der Waals surface area contributed by atoms with Crippen molar-refractivity contribution in [3.8, 4) is 0 Å². The van der Waals surface area contributed by atoms with E-state index >= 15 is 0 Å². The van der Waals surface area contributed by atoms with E-state index in [1.807, 2.05) is 6.92 Å². The van der Waals surface area contributed by atoms with Gasteiger partial charge >= 0.3 is 0 Å². The van der Waals surface area contributed by atoms with E-state index in [1.165, 1.54) is 0 Å². The van der Waals surface area contributed by atoms with Crippen molar-refractivity contribution in [3.05, 3.63) is 5.82 Å². The molecule has 0 bridgehead atoms. The number of aromatic nitrogens is 4. The van der Waals surface area contributed by atoms with Gasteiger partial charge in [0.15, 0.2) is 5.82 Å². The maximum atomic E-state index is 3.90. The first-order chi connectivity index (χ1) is 5.88. The van der Waals surface area contributed by atoms with Crippen molar-refractivity contribution in [1.29, 1.82) is 0 Å². The van der Waals surface area contributed by atoms with Gasteiger partial charge in [-0.05, 0) is 30.3 Å². The van der Waals surface area contributed by atoms with Crippen molar-refractivity contribution in [2.75, 3.05) is 6.54 Å². The Hall–Kier alpha value is -0.970. The lowest BCUT2D eigenvalue weighted by molar-refractivity contribution is 0.564. The molecule has 0 fully saturated rings. The standard InChI is InChI=1S/C7H15N5/c1-3-5-8-6-7-9-10-11-12(7)4-2/h8H,3-6H2,1-2H3. The quantitative estimate of drug-likeness (QED) is 0.639. The Kier molecular flexibility index (Phi) is 3.66. The summed E-state index contributed by atoms with van der Waals surface area (Å²) in [5.41, 5.74) is 0. The van der Waals surface area contributed by atoms with E-state index in [4.69, 9.17) is 0 Å². The molecule has 0 unspecified atom stereocenters. The van der Waals surface area contributed by atoms with Crippen molar-refractivity contribution in [2.24, 2.45) is 0 Å². The fourth-order valence-corrected chi connectivity index (χ4v) is 0.972. The lowest BCUT2D eigenvalue weighted by atomic mass is 10.4. The topological polar surface area (TPSA) is 55.6 Å². The molecule has 5 nitrogen and oxygen atoms in total. The molecule has 1 N–H and O–H groups in total. The van der Waals surface area contributed by atoms with Crippen LogP contribution in [0.1, 0.15) is 26.1 Å². The van der Waals surface area contributed by atoms with Gasteiger partial charge < -0.3 is 5.32 Å². The van der Waals surface area contributed by atoms with Crippen LogP contribution in [-0.4, -0.2) is 26.8 Å². The second-order valence-corrected chi connectivity index (χ2v) is 2.59. The van der Waals surface area contributed by atoms with Crippen LogP contribution >= 0.6 is 0 Å². The summed E-state index contributed by atoms with van der Waals surface area (Å²) in [6.07, 6.45) is 1.13. The molecule has 0 radical (unpaired) electrons. The fourth-order valence-electron chi connectivity index (χ4n) is 0.972. The number of rotatable bonds is 5. The smallest absolute Gasteiger partial charge is 0.165 e. The molecular weight excluding hydrogens is 154 g/mol. The van der Waals surface area contributed by atoms with Gasteiger partial charge in [0.1, 0.15) is 0 Å². The SMILES string of the molecule is CCCNCc1nnnn1CC. The second-order valence-electron chi connectivity index (χ2n) is 2.59. The molecule has 68 valence electrons. The van der Waals surface area contributed by atoms with Gasteiger partial charge in [0.25, 0.3) is 0 Å². The van der Waals surface area contributed by atoms with Gasteiger partial charge in [0.05, 0.1) is 6.54 Å². The average Bonchev–Trinajstić information content (AvgIpc) is 2.52. The van der Waals surface area contributed by atoms with Crippen molar-refractivity contribution < 1.29 is 0 Å². The third kappa shape index (κ3) is 2.27. The molecule has 0 saturated heterocycles. The molecule has 0 aliphatic carbocycles. The van der Waals surface area contributed by atoms with E-state index in [2.05, 4.69) is 27.8 Å². The van der Waals surface area contributed by atoms with Crippen LogP contribution in [0, 0.1) is 0 Å². The minimum Gasteiger partial charge on any atom is -0.310 e. The van der Waals surface area contributed by atoms with Gasteiger partial charge in [-0.1, -0.05) is 6.92 Å². The van der Waals surface area contributed by atoms with Gasteiger partial charge in [0.2, 0.25) is 0 Å². The Bertz CT molecular complexity index is 219. The maximum Gasteiger partial charge on any atom is 0.165 e. The van der Waals surface area contributed by atoms with E-state index in [9.17, 15) is 0 Å². The summed E-state index contributed by atoms with van der Waals surface area (Å²) in [5, 5.41) is 14.6. The minimum absolute atomic E-state index is 0.759. The summed E-state index contributed by atoms with van der Waals surface area (Å²) in [5.74, 6) is 0.908. The molecule has 0 saturated carbocycles. The number of hydrogen-bond acceptors (Lipinski definition) is 4. The summed E-state index contributed by atoms with van der Waals surface area (Å²) >= 11 is 0. The van der Waals surface area contributed by atoms with E-state index in [-0.39, 0.29) is 0 Å². The van der Waals surface area contributed by atoms with Crippen LogP contribution in [0.25, 0.3) is 0 Å². The highest BCUT2D eigenvalue weighted by molar-refractivity contribution is 4.78. The van der Waals surface area contributed by atoms with E-state index in [0.29, 0.717) is 0 Å². The van der Waals surface area contributed by atoms with Crippen LogP contribution in [0.15, 0.2) is 0 Å². The normalized spacial score (nSPS) is 10.5. The number of hydrogen-bond donors (Lipinski definition) is 1. The highest BCUT2D eigenvalue weighted by Gasteiger charge is 2.01. The number of aryl methyl sites for hydroxylation is 1. The molecule has 0 atom stereocenters. The molecule has 0 aliphatic rings. The van der Waals surface area contributed by atoms with E-state index in [0.717, 1.165) is 31.9 Å². The zero-order valence-electron chi connectivity index (χ0n) is 7.62. The summed E-state index contributed by atoms with van der Waals surface area (Å²) in [4.78, 5) is 0. The first kappa shape index (κ1) is 9.12. The summed E-state index contributed by atoms with van der Waals surface area (Å²) in [6, 6.07) is 0. The largest absolute Gasteiger partial charge is 0.310 e. The van der Waals surface area contributed by atoms with Gasteiger partial charge in [-0.15, -0.1) is 5.10 Å². The summed E-state index contributed by atoms with van der Waals surface area (Å²) in [7, 11) is 0. The first-order valence-corrected chi connectivity index (χ1v) is 4.34. The maximum absolute atomic E-state index is 3.90. The molecule has 1 aromatic heterocycles. The fraction of sp³-hybridized carbons (Fsp3) is 0.857. The molecule has 12 heavy (non-hydrogen) atoms. The minimum atomic E-state index is 0.759. The van der Waals surface area contributed by atoms with Crippen LogP contribution in [0.3, 0.4) is 0 Å². The Labute approximate surface area is 72.2 Å². The lowest BCUT2D eigenvalue weighted by Gasteiger charge is -2.01. The predicted molar refractivity (Wildman–Crippen MR) is 45.5 cm³/mol. The van der Waals surface area contributed by atoms with Crippen LogP contribution in [0.4, 0.5) is 0 Å². The van der Waals surface area contributed by atoms with Gasteiger partial charge in [0, 0.05) is 6.54 Å². The Balaban J connectivity index is 2.39. The zero-order valence-corrected chi connectivity index (χ0v) is 7.62. The molecule has 0 aromatic carbocycles. The molecule has 1 rings (SSSR count). The number of nitrogens with one attached hydrogen (secondary N) is 1. The monoisotopic (exact) mass is 169 g/mol. The zero-order chi connectivity index (χ0) is 8.81. The molecule has 0 amide bonds. The average molecular weight is 169 g/mol. The molecule has 1 aromatic rings. The van der Waals surface area contributed by atoms with Gasteiger partial charge in [-0.25, -0.2) is 4.68 Å². The molecule has 0 aliphatic heterocycles. The third-order valence-electron chi connectivity index (χ3n) is 1.62. The second kappa shape index (κ2) is 4.82. The summed E-state index contributed by atoms with van der Waals surface area (Å²) in [6.45, 7) is 6.76. The van der Waals surface area contributed by atoms with Crippen LogP contribution in [-0.2, 0) is 13.1 Å². The van der Waals surface area contributed by atoms with Crippen molar-refractivity contribution in [2.45, 2.75) is 33.4 Å². The van der Waals surface area contributed by atoms with E-state index in [1.54, 1.807) is 4.68 Å². The lowest BCUT2D eigenvalue weighted by Crippen LogP contribution is -2.17. The highest BCUT2D eigenvalue weighted by Crippen LogP contribution is 1.90. The number of tetrazole rings is 1. The summed E-state index contributed by atoms with van der Waals surface area (Å²) < 4.78 is 1.79. The molecular formula is C7H15N5. The van der Waals surface area contributed by atoms with Crippen molar-refractivity contribution >= 4 is 0 Å². The molecule has 0 spiro atoms. The van der Waals surface area contributed by atoms with Gasteiger partial charge in [-0.2, -0.15) is 0 Å². The molecule has 5 heteroatoms. The van der Waals surface area contributed by atoms with Crippen LogP contribution in [0.2, 0.25) is 0 Å². The van der Waals surface area contributed by atoms with Crippen LogP contribution in [0.5, 0.6) is 0 Å². The van der Waals surface area contributed by atoms with Gasteiger partial charge in [-0.3, -0.25) is 0 Å². The highest BCUT2D eigenvalue weighted by atomic mass is 15.5. The Morgan fingerprint density at radius 3 is 2.92 bits per heavy atom. The predicted octanol–water partition coefficient (Wildman–Crippen LogP) is 0.193. The Morgan fingerprint density at radius 1 is 1.42 bits per heavy atom. The molecule has 1 heterocycles. The van der Waals surface area contributed by atoms with E-state index < -0.39 is 0 Å².